The van der Waals surface area contributed by atoms with Crippen molar-refractivity contribution < 1.29 is 19.5 Å². The molecule has 0 atom stereocenters. The first-order chi connectivity index (χ1) is 16.7. The second-order valence-corrected chi connectivity index (χ2v) is 9.15. The van der Waals surface area contributed by atoms with Crippen molar-refractivity contribution in [2.24, 2.45) is 5.73 Å². The maximum Gasteiger partial charge on any atom is 0.239 e. The number of aliphatic hydroxyl groups is 1. The van der Waals surface area contributed by atoms with E-state index in [9.17, 15) is 19.5 Å². The number of amides is 3. The van der Waals surface area contributed by atoms with Gasteiger partial charge in [-0.15, -0.1) is 5.10 Å². The number of nitrogens with one attached hydrogen (secondary N) is 1. The predicted octanol–water partition coefficient (Wildman–Crippen LogP) is 1.61. The quantitative estimate of drug-likeness (QED) is 0.473. The molecule has 0 radical (unpaired) electrons. The highest BCUT2D eigenvalue weighted by Crippen LogP contribution is 2.41. The fraction of sp³-hybridized carbons (Fsp3) is 0.320. The first-order valence-corrected chi connectivity index (χ1v) is 11.3. The Morgan fingerprint density at radius 1 is 1.06 bits per heavy atom. The SMILES string of the molecule is CC(C)(CO)NC(=O)CCC(=O)N1Cc2ccccc2-c2c(nnn2CC(N)=O)-c2ccccc21. The van der Waals surface area contributed by atoms with Gasteiger partial charge in [0.1, 0.15) is 12.2 Å². The van der Waals surface area contributed by atoms with Gasteiger partial charge < -0.3 is 21.1 Å². The Morgan fingerprint density at radius 3 is 2.46 bits per heavy atom. The largest absolute Gasteiger partial charge is 0.394 e. The minimum absolute atomic E-state index is 0.00886. The van der Waals surface area contributed by atoms with Crippen molar-refractivity contribution >= 4 is 23.4 Å². The molecule has 0 aliphatic carbocycles. The van der Waals surface area contributed by atoms with Gasteiger partial charge in [0.15, 0.2) is 0 Å². The lowest BCUT2D eigenvalue weighted by Crippen LogP contribution is -2.46. The van der Waals surface area contributed by atoms with E-state index in [4.69, 9.17) is 5.73 Å². The molecule has 1 aliphatic heterocycles. The third kappa shape index (κ3) is 5.07. The lowest BCUT2D eigenvalue weighted by Gasteiger charge is -2.29. The average Bonchev–Trinajstić information content (AvgIpc) is 3.22. The van der Waals surface area contributed by atoms with Gasteiger partial charge in [0.25, 0.3) is 0 Å². The Labute approximate surface area is 202 Å². The van der Waals surface area contributed by atoms with Crippen molar-refractivity contribution in [2.45, 2.75) is 45.3 Å². The maximum absolute atomic E-state index is 13.4. The fourth-order valence-electron chi connectivity index (χ4n) is 4.13. The molecular formula is C25H28N6O4. The van der Waals surface area contributed by atoms with Crippen molar-refractivity contribution in [1.82, 2.24) is 20.3 Å². The van der Waals surface area contributed by atoms with Crippen LogP contribution < -0.4 is 16.0 Å². The molecule has 10 heteroatoms. The number of nitrogens with zero attached hydrogens (tertiary/aromatic N) is 4. The highest BCUT2D eigenvalue weighted by molar-refractivity contribution is 6.01. The minimum Gasteiger partial charge on any atom is -0.394 e. The normalized spacial score (nSPS) is 12.6. The Morgan fingerprint density at radius 2 is 1.74 bits per heavy atom. The number of primary amides is 1. The molecule has 4 rings (SSSR count). The van der Waals surface area contributed by atoms with Crippen molar-refractivity contribution in [3.63, 3.8) is 0 Å². The first kappa shape index (κ1) is 24.1. The van der Waals surface area contributed by atoms with E-state index >= 15 is 0 Å². The van der Waals surface area contributed by atoms with E-state index in [0.717, 1.165) is 11.1 Å². The van der Waals surface area contributed by atoms with Crippen molar-refractivity contribution in [3.05, 3.63) is 54.1 Å². The lowest BCUT2D eigenvalue weighted by molar-refractivity contribution is -0.126. The second kappa shape index (κ2) is 9.67. The summed E-state index contributed by atoms with van der Waals surface area (Å²) in [5, 5.41) is 20.6. The summed E-state index contributed by atoms with van der Waals surface area (Å²) in [4.78, 5) is 39.1. The molecule has 0 saturated carbocycles. The summed E-state index contributed by atoms with van der Waals surface area (Å²) in [6, 6.07) is 14.9. The van der Waals surface area contributed by atoms with Crippen LogP contribution >= 0.6 is 0 Å². The van der Waals surface area contributed by atoms with E-state index in [1.807, 2.05) is 48.5 Å². The Bertz CT molecular complexity index is 1280. The van der Waals surface area contributed by atoms with Crippen LogP contribution in [0.2, 0.25) is 0 Å². The first-order valence-electron chi connectivity index (χ1n) is 11.3. The highest BCUT2D eigenvalue weighted by Gasteiger charge is 2.29. The van der Waals surface area contributed by atoms with E-state index in [2.05, 4.69) is 15.6 Å². The van der Waals surface area contributed by atoms with Gasteiger partial charge >= 0.3 is 0 Å². The number of aromatic nitrogens is 3. The van der Waals surface area contributed by atoms with Crippen LogP contribution in [0.3, 0.4) is 0 Å². The van der Waals surface area contributed by atoms with Gasteiger partial charge in [-0.25, -0.2) is 4.68 Å². The number of aliphatic hydroxyl groups excluding tert-OH is 1. The summed E-state index contributed by atoms with van der Waals surface area (Å²) in [5.74, 6) is -1.07. The number of anilines is 1. The van der Waals surface area contributed by atoms with Gasteiger partial charge in [-0.3, -0.25) is 14.4 Å². The number of fused-ring (bicyclic) bond motifs is 5. The Kier molecular flexibility index (Phi) is 6.65. The van der Waals surface area contributed by atoms with Gasteiger partial charge in [0, 0.05) is 24.0 Å². The fourth-order valence-corrected chi connectivity index (χ4v) is 4.13. The zero-order valence-corrected chi connectivity index (χ0v) is 19.7. The van der Waals surface area contributed by atoms with Gasteiger partial charge in [-0.05, 0) is 25.5 Å². The average molecular weight is 477 g/mol. The molecule has 0 saturated heterocycles. The molecule has 0 bridgehead atoms. The summed E-state index contributed by atoms with van der Waals surface area (Å²) in [5.41, 5.74) is 8.83. The molecule has 0 fully saturated rings. The molecule has 1 aliphatic rings. The number of benzene rings is 2. The van der Waals surface area contributed by atoms with Gasteiger partial charge in [-0.1, -0.05) is 47.7 Å². The molecule has 0 spiro atoms. The summed E-state index contributed by atoms with van der Waals surface area (Å²) in [6.07, 6.45) is -0.0202. The van der Waals surface area contributed by atoms with E-state index in [-0.39, 0.29) is 44.4 Å². The molecule has 3 aromatic rings. The summed E-state index contributed by atoms with van der Waals surface area (Å²) < 4.78 is 1.48. The number of nitrogens with two attached hydrogens (primary N) is 1. The predicted molar refractivity (Wildman–Crippen MR) is 130 cm³/mol. The van der Waals surface area contributed by atoms with E-state index in [0.29, 0.717) is 22.6 Å². The maximum atomic E-state index is 13.4. The molecule has 2 aromatic carbocycles. The molecule has 4 N–H and O–H groups in total. The van der Waals surface area contributed by atoms with E-state index < -0.39 is 11.4 Å². The second-order valence-electron chi connectivity index (χ2n) is 9.15. The number of para-hydroxylation sites is 1. The zero-order valence-electron chi connectivity index (χ0n) is 19.7. The summed E-state index contributed by atoms with van der Waals surface area (Å²) in [7, 11) is 0. The minimum atomic E-state index is -0.765. The standard InChI is InChI=1S/C25H28N6O4/c1-25(2,15-32)27-21(34)11-12-22(35)30-13-16-7-3-4-8-17(16)24-23(18-9-5-6-10-19(18)30)28-29-31(24)14-20(26)33/h3-10,32H,11-15H2,1-2H3,(H2,26,33)(H,27,34). The van der Waals surface area contributed by atoms with Crippen molar-refractivity contribution in [2.75, 3.05) is 11.5 Å². The molecule has 182 valence electrons. The summed E-state index contributed by atoms with van der Waals surface area (Å²) >= 11 is 0. The monoisotopic (exact) mass is 476 g/mol. The molecular weight excluding hydrogens is 448 g/mol. The van der Waals surface area contributed by atoms with E-state index in [1.54, 1.807) is 18.7 Å². The van der Waals surface area contributed by atoms with Crippen LogP contribution in [0.15, 0.2) is 48.5 Å². The molecule has 1 aromatic heterocycles. The summed E-state index contributed by atoms with van der Waals surface area (Å²) in [6.45, 7) is 3.35. The number of rotatable bonds is 7. The van der Waals surface area contributed by atoms with Gasteiger partial charge in [-0.2, -0.15) is 0 Å². The number of hydrogen-bond acceptors (Lipinski definition) is 6. The van der Waals surface area contributed by atoms with Crippen molar-refractivity contribution in [1.29, 1.82) is 0 Å². The third-order valence-corrected chi connectivity index (χ3v) is 5.83. The zero-order chi connectivity index (χ0) is 25.2. The van der Waals surface area contributed by atoms with Crippen LogP contribution in [0.25, 0.3) is 22.5 Å². The smallest absolute Gasteiger partial charge is 0.239 e. The van der Waals surface area contributed by atoms with Crippen LogP contribution in [0.5, 0.6) is 0 Å². The molecule has 0 unspecified atom stereocenters. The van der Waals surface area contributed by atoms with Crippen LogP contribution in [-0.2, 0) is 27.5 Å². The Hall–Kier alpha value is -4.05. The number of carbonyl (C=O) groups excluding carboxylic acids is 3. The topological polar surface area (TPSA) is 143 Å². The molecule has 3 amide bonds. The third-order valence-electron chi connectivity index (χ3n) is 5.83. The van der Waals surface area contributed by atoms with Gasteiger partial charge in [0.2, 0.25) is 17.7 Å². The van der Waals surface area contributed by atoms with Crippen LogP contribution in [0, 0.1) is 0 Å². The van der Waals surface area contributed by atoms with Gasteiger partial charge in [0.05, 0.1) is 30.1 Å². The van der Waals surface area contributed by atoms with Crippen molar-refractivity contribution in [3.8, 4) is 22.5 Å². The molecule has 10 nitrogen and oxygen atoms in total. The molecule has 35 heavy (non-hydrogen) atoms. The Balaban J connectivity index is 1.73. The van der Waals surface area contributed by atoms with Crippen LogP contribution in [0.4, 0.5) is 5.69 Å². The highest BCUT2D eigenvalue weighted by atomic mass is 16.3. The molecule has 2 heterocycles. The van der Waals surface area contributed by atoms with Crippen LogP contribution in [-0.4, -0.2) is 50.0 Å². The lowest BCUT2D eigenvalue weighted by atomic mass is 9.95. The van der Waals surface area contributed by atoms with Crippen LogP contribution in [0.1, 0.15) is 32.3 Å². The number of hydrogen-bond donors (Lipinski definition) is 3. The van der Waals surface area contributed by atoms with E-state index in [1.165, 1.54) is 4.68 Å². The number of carbonyl (C=O) groups is 3.